The predicted molar refractivity (Wildman–Crippen MR) is 254 cm³/mol. The summed E-state index contributed by atoms with van der Waals surface area (Å²) in [6.45, 7) is 0. The molecule has 1 aliphatic carbocycles. The normalized spacial score (nSPS) is 12.4. The molecule has 0 bridgehead atoms. The Kier molecular flexibility index (Phi) is 8.25. The molecule has 0 saturated heterocycles. The summed E-state index contributed by atoms with van der Waals surface area (Å²) in [5.41, 5.74) is 13.2. The number of nitrogens with zero attached hydrogens (tertiary/aromatic N) is 6. The Morgan fingerprint density at radius 2 is 0.774 bits per heavy atom. The van der Waals surface area contributed by atoms with Crippen molar-refractivity contribution < 1.29 is 9.47 Å². The number of hydrogen-bond acceptors (Lipinski definition) is 10. The summed E-state index contributed by atoms with van der Waals surface area (Å²) in [6.07, 6.45) is 0. The van der Waals surface area contributed by atoms with Crippen LogP contribution in [0.5, 0.6) is 23.0 Å². The fourth-order valence-corrected chi connectivity index (χ4v) is 9.11. The maximum absolute atomic E-state index is 6.29. The third-order valence-corrected chi connectivity index (χ3v) is 11.7. The molecular formula is C52H28N6O2S2. The Bertz CT molecular complexity index is 3140. The van der Waals surface area contributed by atoms with Crippen LogP contribution in [0.2, 0.25) is 0 Å². The molecule has 8 nitrogen and oxygen atoms in total. The van der Waals surface area contributed by atoms with E-state index in [2.05, 4.69) is 127 Å². The molecule has 0 atom stereocenters. The predicted octanol–water partition coefficient (Wildman–Crippen LogP) is 15.2. The summed E-state index contributed by atoms with van der Waals surface area (Å²) < 4.78 is 12.6. The number of thiocarbonyl (C=S) groups is 2. The summed E-state index contributed by atoms with van der Waals surface area (Å²) in [5.74, 6) is 3.66. The molecule has 290 valence electrons. The minimum absolute atomic E-state index is 0.226. The van der Waals surface area contributed by atoms with Crippen LogP contribution in [0.3, 0.4) is 0 Å². The van der Waals surface area contributed by atoms with E-state index in [1.165, 1.54) is 0 Å². The molecule has 10 heteroatoms. The Hall–Kier alpha value is -8.10. The van der Waals surface area contributed by atoms with Crippen LogP contribution in [0.1, 0.15) is 0 Å². The molecular weight excluding hydrogens is 805 g/mol. The van der Waals surface area contributed by atoms with Gasteiger partial charge in [-0.1, -0.05) is 97.1 Å². The number of anilines is 6. The van der Waals surface area contributed by atoms with Crippen molar-refractivity contribution in [1.29, 1.82) is 0 Å². The Balaban J connectivity index is 1.02. The highest BCUT2D eigenvalue weighted by Gasteiger charge is 2.33. The molecule has 8 aromatic carbocycles. The van der Waals surface area contributed by atoms with Gasteiger partial charge in [-0.15, -0.1) is 0 Å². The van der Waals surface area contributed by atoms with Crippen molar-refractivity contribution in [1.82, 2.24) is 9.97 Å². The van der Waals surface area contributed by atoms with Crippen LogP contribution in [0.4, 0.5) is 45.8 Å². The van der Waals surface area contributed by atoms with Crippen molar-refractivity contribution in [3.8, 4) is 67.8 Å². The monoisotopic (exact) mass is 832 g/mol. The number of ether oxygens (including phenoxy) is 2. The highest BCUT2D eigenvalue weighted by molar-refractivity contribution is 7.78. The molecule has 0 N–H and O–H groups in total. The number of para-hydroxylation sites is 8. The Morgan fingerprint density at radius 1 is 0.419 bits per heavy atom. The van der Waals surface area contributed by atoms with Gasteiger partial charge < -0.3 is 19.3 Å². The third kappa shape index (κ3) is 5.53. The number of aromatic nitrogens is 2. The zero-order valence-electron chi connectivity index (χ0n) is 32.5. The maximum Gasteiger partial charge on any atom is 0.209 e. The van der Waals surface area contributed by atoms with Crippen molar-refractivity contribution >= 4 is 91.3 Å². The molecule has 0 saturated carbocycles. The second kappa shape index (κ2) is 14.3. The van der Waals surface area contributed by atoms with Gasteiger partial charge in [-0.3, -0.25) is 0 Å². The van der Waals surface area contributed by atoms with E-state index >= 15 is 0 Å². The van der Waals surface area contributed by atoms with Gasteiger partial charge in [0.2, 0.25) is 11.6 Å². The number of fused-ring (bicyclic) bond motifs is 7. The number of aliphatic imine (C=N–C) groups is 2. The number of isothiocyanates is 2. The molecule has 3 heterocycles. The lowest BCUT2D eigenvalue weighted by molar-refractivity contribution is 0.477. The quantitative estimate of drug-likeness (QED) is 0.121. The number of benzene rings is 8. The molecule has 0 unspecified atom stereocenters. The molecule has 12 rings (SSSR count). The zero-order chi connectivity index (χ0) is 41.3. The Labute approximate surface area is 366 Å². The van der Waals surface area contributed by atoms with E-state index in [0.717, 1.165) is 101 Å². The maximum atomic E-state index is 6.29. The molecule has 1 aromatic heterocycles. The summed E-state index contributed by atoms with van der Waals surface area (Å²) >= 11 is 10.1. The average Bonchev–Trinajstić information content (AvgIpc) is 3.65. The van der Waals surface area contributed by atoms with Crippen molar-refractivity contribution in [2.45, 2.75) is 0 Å². The standard InChI is InChI=1S/C52H28N6O2S2/c61-29-53-51-52(54-30-62)56-50-48-37(32-19-25-35(26-20-32)58-40-11-3-7-15-44(40)60-45-16-8-4-12-41(45)58)28-22-33-21-27-36(47(46(33)48)49(50)55-51)31-17-23-34(24-18-31)57-38-9-1-5-13-42(38)59-43-14-6-2-10-39(43)57/h1-28H. The van der Waals surface area contributed by atoms with Crippen molar-refractivity contribution in [2.75, 3.05) is 9.80 Å². The summed E-state index contributed by atoms with van der Waals surface area (Å²) in [4.78, 5) is 23.2. The highest BCUT2D eigenvalue weighted by Crippen LogP contribution is 2.56. The topological polar surface area (TPSA) is 75.4 Å². The molecule has 3 aliphatic rings. The van der Waals surface area contributed by atoms with Crippen molar-refractivity contribution in [2.24, 2.45) is 9.98 Å². The van der Waals surface area contributed by atoms with E-state index in [9.17, 15) is 0 Å². The molecule has 9 aromatic rings. The minimum Gasteiger partial charge on any atom is -0.453 e. The Morgan fingerprint density at radius 3 is 1.13 bits per heavy atom. The van der Waals surface area contributed by atoms with E-state index in [4.69, 9.17) is 43.9 Å². The average molecular weight is 833 g/mol. The molecule has 0 amide bonds. The first-order valence-corrected chi connectivity index (χ1v) is 20.7. The fourth-order valence-electron chi connectivity index (χ4n) is 8.94. The van der Waals surface area contributed by atoms with Gasteiger partial charge in [0.25, 0.3) is 0 Å². The van der Waals surface area contributed by atoms with Gasteiger partial charge in [-0.05, 0) is 125 Å². The van der Waals surface area contributed by atoms with Crippen LogP contribution in [0.25, 0.3) is 55.5 Å². The fraction of sp³-hybridized carbons (Fsp3) is 0. The van der Waals surface area contributed by atoms with Crippen molar-refractivity contribution in [3.63, 3.8) is 0 Å². The van der Waals surface area contributed by atoms with Crippen molar-refractivity contribution in [3.05, 3.63) is 170 Å². The summed E-state index contributed by atoms with van der Waals surface area (Å²) in [7, 11) is 0. The lowest BCUT2D eigenvalue weighted by atomic mass is 9.91. The van der Waals surface area contributed by atoms with Gasteiger partial charge in [0, 0.05) is 27.9 Å². The molecule has 2 aliphatic heterocycles. The first-order valence-electron chi connectivity index (χ1n) is 19.9. The minimum atomic E-state index is 0.226. The summed E-state index contributed by atoms with van der Waals surface area (Å²) in [6, 6.07) is 58.2. The molecule has 0 fully saturated rings. The summed E-state index contributed by atoms with van der Waals surface area (Å²) in [5, 5.41) is 7.01. The van der Waals surface area contributed by atoms with Gasteiger partial charge in [-0.25, -0.2) is 9.97 Å². The van der Waals surface area contributed by atoms with Gasteiger partial charge >= 0.3 is 0 Å². The van der Waals surface area contributed by atoms with Gasteiger partial charge in [0.15, 0.2) is 23.0 Å². The van der Waals surface area contributed by atoms with E-state index < -0.39 is 0 Å². The van der Waals surface area contributed by atoms with E-state index in [0.29, 0.717) is 11.4 Å². The van der Waals surface area contributed by atoms with Crippen LogP contribution < -0.4 is 19.3 Å². The molecule has 0 spiro atoms. The smallest absolute Gasteiger partial charge is 0.209 e. The van der Waals surface area contributed by atoms with Gasteiger partial charge in [0.05, 0.1) is 33.1 Å². The van der Waals surface area contributed by atoms with Crippen LogP contribution in [0.15, 0.2) is 180 Å². The van der Waals surface area contributed by atoms with E-state index in [1.807, 2.05) is 72.8 Å². The van der Waals surface area contributed by atoms with Crippen LogP contribution in [-0.4, -0.2) is 20.3 Å². The number of hydrogen-bond donors (Lipinski definition) is 0. The van der Waals surface area contributed by atoms with E-state index in [1.54, 1.807) is 0 Å². The third-order valence-electron chi connectivity index (χ3n) is 11.6. The van der Waals surface area contributed by atoms with Gasteiger partial charge in [0.1, 0.15) is 11.4 Å². The second-order valence-electron chi connectivity index (χ2n) is 14.9. The SMILES string of the molecule is S=C=Nc1nc2c(nc1N=C=S)-c1c(-c3ccc(N4c5ccccc5Oc5ccccc54)cc3)ccc3ccc(-c4ccc(N5c6ccccc6Oc6ccccc65)cc4)c-2c13. The van der Waals surface area contributed by atoms with Gasteiger partial charge in [-0.2, -0.15) is 9.98 Å². The number of rotatable bonds is 6. The molecule has 0 radical (unpaired) electrons. The first-order chi connectivity index (χ1) is 30.7. The molecule has 62 heavy (non-hydrogen) atoms. The first kappa shape index (κ1) is 35.8. The van der Waals surface area contributed by atoms with Crippen LogP contribution in [0, 0.1) is 0 Å². The van der Waals surface area contributed by atoms with Crippen LogP contribution >= 0.6 is 24.4 Å². The zero-order valence-corrected chi connectivity index (χ0v) is 34.1. The lowest BCUT2D eigenvalue weighted by Gasteiger charge is -2.32. The van der Waals surface area contributed by atoms with Crippen LogP contribution in [-0.2, 0) is 0 Å². The lowest BCUT2D eigenvalue weighted by Crippen LogP contribution is -2.15. The highest BCUT2D eigenvalue weighted by atomic mass is 32.1. The largest absolute Gasteiger partial charge is 0.453 e. The van der Waals surface area contributed by atoms with E-state index in [-0.39, 0.29) is 11.6 Å². The second-order valence-corrected chi connectivity index (χ2v) is 15.3.